The minimum atomic E-state index is 0.740. The Hall–Kier alpha value is -1.75. The Morgan fingerprint density at radius 3 is 2.76 bits per heavy atom. The lowest BCUT2D eigenvalue weighted by Crippen LogP contribution is -2.12. The Labute approximate surface area is 132 Å². The normalized spacial score (nSPS) is 10.7. The third-order valence-corrected chi connectivity index (χ3v) is 4.38. The van der Waals surface area contributed by atoms with Gasteiger partial charge in [-0.05, 0) is 17.7 Å². The summed E-state index contributed by atoms with van der Waals surface area (Å²) >= 11 is 7.87. The molecule has 0 bridgehead atoms. The predicted octanol–water partition coefficient (Wildman–Crippen LogP) is 4.15. The molecular formula is C16H14ClN3S. The maximum Gasteiger partial charge on any atom is 0.107 e. The number of nitrogens with zero attached hydrogens (tertiary/aromatic N) is 2. The van der Waals surface area contributed by atoms with Gasteiger partial charge in [0.05, 0.1) is 4.88 Å². The molecule has 0 aliphatic heterocycles. The molecule has 1 N–H and O–H groups in total. The lowest BCUT2D eigenvalue weighted by atomic mass is 10.2. The summed E-state index contributed by atoms with van der Waals surface area (Å²) in [6.45, 7) is 1.53. The molecule has 0 aliphatic rings. The number of nitrogens with one attached hydrogen (secondary N) is 1. The van der Waals surface area contributed by atoms with Crippen LogP contribution in [0.1, 0.15) is 10.6 Å². The lowest BCUT2D eigenvalue weighted by molar-refractivity contribution is 0.688. The number of thiazole rings is 1. The number of halogens is 1. The van der Waals surface area contributed by atoms with Gasteiger partial charge in [0.25, 0.3) is 0 Å². The van der Waals surface area contributed by atoms with Crippen molar-refractivity contribution in [3.05, 3.63) is 70.6 Å². The van der Waals surface area contributed by atoms with E-state index in [2.05, 4.69) is 21.4 Å². The van der Waals surface area contributed by atoms with Crippen LogP contribution in [0.2, 0.25) is 5.02 Å². The number of pyridine rings is 1. The summed E-state index contributed by atoms with van der Waals surface area (Å²) in [6.07, 6.45) is 5.52. The van der Waals surface area contributed by atoms with Crippen molar-refractivity contribution >= 4 is 22.9 Å². The van der Waals surface area contributed by atoms with Crippen LogP contribution in [-0.4, -0.2) is 9.97 Å². The first-order valence-corrected chi connectivity index (χ1v) is 7.81. The second-order valence-corrected chi connectivity index (χ2v) is 6.09. The smallest absolute Gasteiger partial charge is 0.107 e. The van der Waals surface area contributed by atoms with Gasteiger partial charge in [0.2, 0.25) is 0 Å². The van der Waals surface area contributed by atoms with Crippen molar-refractivity contribution in [2.75, 3.05) is 0 Å². The highest BCUT2D eigenvalue weighted by atomic mass is 35.5. The van der Waals surface area contributed by atoms with Gasteiger partial charge in [-0.1, -0.05) is 35.9 Å². The minimum absolute atomic E-state index is 0.740. The van der Waals surface area contributed by atoms with Crippen LogP contribution in [0, 0.1) is 0 Å². The van der Waals surface area contributed by atoms with E-state index < -0.39 is 0 Å². The van der Waals surface area contributed by atoms with Crippen LogP contribution in [0.3, 0.4) is 0 Å². The molecule has 0 saturated carbocycles. The van der Waals surface area contributed by atoms with E-state index in [0.29, 0.717) is 0 Å². The molecule has 0 radical (unpaired) electrons. The van der Waals surface area contributed by atoms with E-state index >= 15 is 0 Å². The third kappa shape index (κ3) is 3.67. The van der Waals surface area contributed by atoms with Crippen molar-refractivity contribution in [1.82, 2.24) is 15.3 Å². The van der Waals surface area contributed by atoms with Crippen LogP contribution in [0.5, 0.6) is 0 Å². The van der Waals surface area contributed by atoms with Gasteiger partial charge in [-0.25, -0.2) is 4.98 Å². The van der Waals surface area contributed by atoms with E-state index in [9.17, 15) is 0 Å². The molecule has 106 valence electrons. The molecule has 3 rings (SSSR count). The van der Waals surface area contributed by atoms with Crippen LogP contribution < -0.4 is 5.32 Å². The average Bonchev–Trinajstić information content (AvgIpc) is 2.97. The van der Waals surface area contributed by atoms with E-state index in [1.165, 1.54) is 5.56 Å². The lowest BCUT2D eigenvalue weighted by Gasteiger charge is -2.02. The molecule has 1 aromatic carbocycles. The molecule has 2 heterocycles. The zero-order valence-electron chi connectivity index (χ0n) is 11.3. The van der Waals surface area contributed by atoms with Gasteiger partial charge in [-0.3, -0.25) is 4.98 Å². The first-order valence-electron chi connectivity index (χ1n) is 6.62. The molecule has 3 nitrogen and oxygen atoms in total. The van der Waals surface area contributed by atoms with E-state index in [0.717, 1.165) is 33.6 Å². The fourth-order valence-corrected chi connectivity index (χ4v) is 3.21. The highest BCUT2D eigenvalue weighted by Crippen LogP contribution is 2.31. The number of rotatable bonds is 5. The maximum atomic E-state index is 6.21. The molecule has 0 unspecified atom stereocenters. The summed E-state index contributed by atoms with van der Waals surface area (Å²) in [5.74, 6) is 0. The number of aromatic nitrogens is 2. The third-order valence-electron chi connectivity index (χ3n) is 3.02. The van der Waals surface area contributed by atoms with E-state index in [-0.39, 0.29) is 0 Å². The molecular weight excluding hydrogens is 302 g/mol. The first-order chi connectivity index (χ1) is 10.3. The van der Waals surface area contributed by atoms with Crippen molar-refractivity contribution in [3.63, 3.8) is 0 Å². The van der Waals surface area contributed by atoms with Gasteiger partial charge < -0.3 is 5.32 Å². The summed E-state index contributed by atoms with van der Waals surface area (Å²) in [7, 11) is 0. The van der Waals surface area contributed by atoms with Crippen molar-refractivity contribution in [2.24, 2.45) is 0 Å². The summed E-state index contributed by atoms with van der Waals surface area (Å²) in [5.41, 5.74) is 2.20. The molecule has 5 heteroatoms. The SMILES string of the molecule is Clc1ccccc1-c1cnc(CNCc2cccnc2)s1. The fraction of sp³-hybridized carbons (Fsp3) is 0.125. The number of hydrogen-bond acceptors (Lipinski definition) is 4. The van der Waals surface area contributed by atoms with Gasteiger partial charge in [0, 0.05) is 42.3 Å². The standard InChI is InChI=1S/C16H14ClN3S/c17-14-6-2-1-5-13(14)15-10-20-16(21-15)11-19-9-12-4-3-7-18-8-12/h1-8,10,19H,9,11H2. The van der Waals surface area contributed by atoms with Crippen molar-refractivity contribution in [3.8, 4) is 10.4 Å². The molecule has 0 amide bonds. The molecule has 21 heavy (non-hydrogen) atoms. The molecule has 0 fully saturated rings. The monoisotopic (exact) mass is 315 g/mol. The Balaban J connectivity index is 1.62. The van der Waals surface area contributed by atoms with Gasteiger partial charge in [-0.2, -0.15) is 0 Å². The second kappa shape index (κ2) is 6.80. The van der Waals surface area contributed by atoms with Crippen molar-refractivity contribution in [1.29, 1.82) is 0 Å². The van der Waals surface area contributed by atoms with Crippen LogP contribution in [0.4, 0.5) is 0 Å². The van der Waals surface area contributed by atoms with Gasteiger partial charge in [-0.15, -0.1) is 11.3 Å². The maximum absolute atomic E-state index is 6.21. The Morgan fingerprint density at radius 2 is 1.95 bits per heavy atom. The number of benzene rings is 1. The topological polar surface area (TPSA) is 37.8 Å². The highest BCUT2D eigenvalue weighted by Gasteiger charge is 2.07. The molecule has 3 aromatic rings. The van der Waals surface area contributed by atoms with Gasteiger partial charge in [0.15, 0.2) is 0 Å². The molecule has 0 saturated heterocycles. The predicted molar refractivity (Wildman–Crippen MR) is 87.3 cm³/mol. The molecule has 0 aliphatic carbocycles. The summed E-state index contributed by atoms with van der Waals surface area (Å²) in [5, 5.41) is 5.18. The van der Waals surface area contributed by atoms with Crippen molar-refractivity contribution < 1.29 is 0 Å². The zero-order chi connectivity index (χ0) is 14.5. The summed E-state index contributed by atoms with van der Waals surface area (Å²) in [6, 6.07) is 11.8. The van der Waals surface area contributed by atoms with Crippen LogP contribution in [0.25, 0.3) is 10.4 Å². The van der Waals surface area contributed by atoms with Crippen LogP contribution in [-0.2, 0) is 13.1 Å². The van der Waals surface area contributed by atoms with Crippen molar-refractivity contribution in [2.45, 2.75) is 13.1 Å². The minimum Gasteiger partial charge on any atom is -0.306 e. The Bertz CT molecular complexity index is 712. The van der Waals surface area contributed by atoms with Gasteiger partial charge in [0.1, 0.15) is 5.01 Å². The molecule has 2 aromatic heterocycles. The number of hydrogen-bond donors (Lipinski definition) is 1. The Morgan fingerprint density at radius 1 is 1.05 bits per heavy atom. The Kier molecular flexibility index (Phi) is 4.60. The average molecular weight is 316 g/mol. The van der Waals surface area contributed by atoms with Crippen LogP contribution in [0.15, 0.2) is 55.0 Å². The van der Waals surface area contributed by atoms with E-state index in [4.69, 9.17) is 11.6 Å². The fourth-order valence-electron chi connectivity index (χ4n) is 1.99. The molecule has 0 atom stereocenters. The first kappa shape index (κ1) is 14.2. The summed E-state index contributed by atoms with van der Waals surface area (Å²) in [4.78, 5) is 9.64. The quantitative estimate of drug-likeness (QED) is 0.768. The zero-order valence-corrected chi connectivity index (χ0v) is 12.9. The second-order valence-electron chi connectivity index (χ2n) is 4.56. The summed E-state index contributed by atoms with van der Waals surface area (Å²) < 4.78 is 0. The van der Waals surface area contributed by atoms with E-state index in [1.54, 1.807) is 17.5 Å². The van der Waals surface area contributed by atoms with Crippen LogP contribution >= 0.6 is 22.9 Å². The van der Waals surface area contributed by atoms with Gasteiger partial charge >= 0.3 is 0 Å². The molecule has 0 spiro atoms. The largest absolute Gasteiger partial charge is 0.306 e. The highest BCUT2D eigenvalue weighted by molar-refractivity contribution is 7.15. The van der Waals surface area contributed by atoms with E-state index in [1.807, 2.05) is 42.7 Å².